The van der Waals surface area contributed by atoms with E-state index in [2.05, 4.69) is 0 Å². The molecule has 0 atom stereocenters. The molecule has 0 aliphatic rings. The summed E-state index contributed by atoms with van der Waals surface area (Å²) < 4.78 is 3.02. The fourth-order valence-corrected chi connectivity index (χ4v) is 4.25. The van der Waals surface area contributed by atoms with Crippen molar-refractivity contribution in [1.29, 1.82) is 0 Å². The van der Waals surface area contributed by atoms with Crippen molar-refractivity contribution in [3.8, 4) is 5.69 Å². The third kappa shape index (κ3) is 3.26. The largest absolute Gasteiger partial charge is 0.390 e. The van der Waals surface area contributed by atoms with E-state index >= 15 is 0 Å². The standard InChI is InChI=1S/C17H14Cl2N2O2S/c1-20-15(10-22)16(24-14-8-11(18)7-12(19)9-14)21(17(20)23)13-5-3-2-4-6-13/h2-9,22H,10H2,1H3. The van der Waals surface area contributed by atoms with Crippen LogP contribution in [0.25, 0.3) is 5.69 Å². The third-order valence-electron chi connectivity index (χ3n) is 3.55. The van der Waals surface area contributed by atoms with Crippen molar-refractivity contribution in [1.82, 2.24) is 9.13 Å². The Morgan fingerprint density at radius 1 is 1.08 bits per heavy atom. The first-order valence-electron chi connectivity index (χ1n) is 7.12. The van der Waals surface area contributed by atoms with E-state index in [0.717, 1.165) is 10.6 Å². The van der Waals surface area contributed by atoms with E-state index in [1.165, 1.54) is 16.3 Å². The van der Waals surface area contributed by atoms with Crippen LogP contribution in [-0.4, -0.2) is 14.2 Å². The molecule has 124 valence electrons. The maximum Gasteiger partial charge on any atom is 0.333 e. The van der Waals surface area contributed by atoms with Crippen LogP contribution in [0.2, 0.25) is 10.0 Å². The highest BCUT2D eigenvalue weighted by Crippen LogP contribution is 2.34. The van der Waals surface area contributed by atoms with Gasteiger partial charge in [0.2, 0.25) is 0 Å². The van der Waals surface area contributed by atoms with Crippen LogP contribution >= 0.6 is 35.0 Å². The van der Waals surface area contributed by atoms with Gasteiger partial charge in [-0.05, 0) is 30.3 Å². The molecule has 1 N–H and O–H groups in total. The number of nitrogens with zero attached hydrogens (tertiary/aromatic N) is 2. The van der Waals surface area contributed by atoms with Crippen molar-refractivity contribution in [2.75, 3.05) is 0 Å². The topological polar surface area (TPSA) is 47.2 Å². The molecule has 24 heavy (non-hydrogen) atoms. The molecule has 7 heteroatoms. The number of para-hydroxylation sites is 1. The van der Waals surface area contributed by atoms with Gasteiger partial charge in [-0.1, -0.05) is 53.2 Å². The maximum absolute atomic E-state index is 12.6. The summed E-state index contributed by atoms with van der Waals surface area (Å²) in [7, 11) is 1.64. The summed E-state index contributed by atoms with van der Waals surface area (Å²) in [5, 5.41) is 11.4. The highest BCUT2D eigenvalue weighted by Gasteiger charge is 2.19. The molecule has 1 heterocycles. The van der Waals surface area contributed by atoms with Gasteiger partial charge in [-0.15, -0.1) is 0 Å². The van der Waals surface area contributed by atoms with Gasteiger partial charge in [0.05, 0.1) is 18.0 Å². The molecule has 0 aliphatic carbocycles. The summed E-state index contributed by atoms with van der Waals surface area (Å²) in [6.45, 7) is -0.248. The molecule has 0 radical (unpaired) electrons. The van der Waals surface area contributed by atoms with Crippen molar-refractivity contribution in [2.24, 2.45) is 7.05 Å². The Morgan fingerprint density at radius 3 is 2.29 bits per heavy atom. The van der Waals surface area contributed by atoms with Gasteiger partial charge in [-0.2, -0.15) is 0 Å². The average Bonchev–Trinajstić information content (AvgIpc) is 2.78. The molecule has 0 amide bonds. The van der Waals surface area contributed by atoms with Gasteiger partial charge in [0, 0.05) is 22.0 Å². The van der Waals surface area contributed by atoms with Gasteiger partial charge in [0.1, 0.15) is 5.03 Å². The van der Waals surface area contributed by atoms with Crippen LogP contribution < -0.4 is 5.69 Å². The smallest absolute Gasteiger partial charge is 0.333 e. The van der Waals surface area contributed by atoms with E-state index in [0.29, 0.717) is 20.8 Å². The molecule has 0 fully saturated rings. The highest BCUT2D eigenvalue weighted by molar-refractivity contribution is 7.99. The molecule has 3 rings (SSSR count). The highest BCUT2D eigenvalue weighted by atomic mass is 35.5. The van der Waals surface area contributed by atoms with Gasteiger partial charge in [-0.3, -0.25) is 9.13 Å². The van der Waals surface area contributed by atoms with Crippen LogP contribution in [0.4, 0.5) is 0 Å². The Kier molecular flexibility index (Phi) is 5.06. The third-order valence-corrected chi connectivity index (χ3v) is 5.07. The number of hydrogen-bond donors (Lipinski definition) is 1. The Bertz CT molecular complexity index is 916. The molecule has 0 spiro atoms. The minimum Gasteiger partial charge on any atom is -0.390 e. The Balaban J connectivity index is 2.19. The second kappa shape index (κ2) is 7.07. The van der Waals surface area contributed by atoms with Gasteiger partial charge in [0.15, 0.2) is 0 Å². The lowest BCUT2D eigenvalue weighted by molar-refractivity contribution is 0.269. The minimum absolute atomic E-state index is 0.221. The quantitative estimate of drug-likeness (QED) is 0.740. The van der Waals surface area contributed by atoms with Crippen molar-refractivity contribution in [2.45, 2.75) is 16.5 Å². The molecule has 0 unspecified atom stereocenters. The van der Waals surface area contributed by atoms with E-state index in [9.17, 15) is 9.90 Å². The van der Waals surface area contributed by atoms with Gasteiger partial charge in [-0.25, -0.2) is 4.79 Å². The van der Waals surface area contributed by atoms with Crippen molar-refractivity contribution < 1.29 is 5.11 Å². The molecule has 0 bridgehead atoms. The number of aromatic nitrogens is 2. The van der Waals surface area contributed by atoms with Crippen molar-refractivity contribution in [3.63, 3.8) is 0 Å². The van der Waals surface area contributed by atoms with Crippen LogP contribution in [0.1, 0.15) is 5.69 Å². The van der Waals surface area contributed by atoms with E-state index < -0.39 is 0 Å². The normalized spacial score (nSPS) is 11.0. The molecular formula is C17H14Cl2N2O2S. The Morgan fingerprint density at radius 2 is 1.71 bits per heavy atom. The lowest BCUT2D eigenvalue weighted by Crippen LogP contribution is -2.21. The molecule has 1 aromatic heterocycles. The fraction of sp³-hybridized carbons (Fsp3) is 0.118. The van der Waals surface area contributed by atoms with Gasteiger partial charge < -0.3 is 5.11 Å². The molecule has 2 aromatic carbocycles. The molecule has 3 aromatic rings. The van der Waals surface area contributed by atoms with E-state index in [1.807, 2.05) is 30.3 Å². The number of aliphatic hydroxyl groups excluding tert-OH is 1. The summed E-state index contributed by atoms with van der Waals surface area (Å²) >= 11 is 13.5. The van der Waals surface area contributed by atoms with Gasteiger partial charge >= 0.3 is 5.69 Å². The second-order valence-corrected chi connectivity index (χ2v) is 7.06. The number of imidazole rings is 1. The Labute approximate surface area is 153 Å². The minimum atomic E-state index is -0.248. The number of benzene rings is 2. The Hall–Kier alpha value is -1.66. The summed E-state index contributed by atoms with van der Waals surface area (Å²) in [5.74, 6) is 0. The predicted molar refractivity (Wildman–Crippen MR) is 97.5 cm³/mol. The summed E-state index contributed by atoms with van der Waals surface area (Å²) in [5.41, 5.74) is 1.04. The first-order chi connectivity index (χ1) is 11.5. The number of aliphatic hydroxyl groups is 1. The van der Waals surface area contributed by atoms with Crippen LogP contribution in [0.3, 0.4) is 0 Å². The SMILES string of the molecule is Cn1c(CO)c(Sc2cc(Cl)cc(Cl)c2)n(-c2ccccc2)c1=O. The summed E-state index contributed by atoms with van der Waals surface area (Å²) in [6, 6.07) is 14.5. The van der Waals surface area contributed by atoms with Crippen molar-refractivity contribution >= 4 is 35.0 Å². The van der Waals surface area contributed by atoms with E-state index in [1.54, 1.807) is 29.8 Å². The molecule has 0 saturated carbocycles. The predicted octanol–water partition coefficient (Wildman–Crippen LogP) is 4.13. The summed E-state index contributed by atoms with van der Waals surface area (Å²) in [6.07, 6.45) is 0. The zero-order valence-corrected chi connectivity index (χ0v) is 15.1. The van der Waals surface area contributed by atoms with Crippen molar-refractivity contribution in [3.05, 3.63) is 74.8 Å². The second-order valence-electron chi connectivity index (χ2n) is 5.13. The average molecular weight is 381 g/mol. The monoisotopic (exact) mass is 380 g/mol. The van der Waals surface area contributed by atoms with Crippen LogP contribution in [0.15, 0.2) is 63.2 Å². The van der Waals surface area contributed by atoms with E-state index in [4.69, 9.17) is 23.2 Å². The van der Waals surface area contributed by atoms with E-state index in [-0.39, 0.29) is 12.3 Å². The zero-order chi connectivity index (χ0) is 17.3. The lowest BCUT2D eigenvalue weighted by Gasteiger charge is -2.09. The van der Waals surface area contributed by atoms with Crippen LogP contribution in [0.5, 0.6) is 0 Å². The first-order valence-corrected chi connectivity index (χ1v) is 8.69. The zero-order valence-electron chi connectivity index (χ0n) is 12.7. The number of rotatable bonds is 4. The summed E-state index contributed by atoms with van der Waals surface area (Å²) in [4.78, 5) is 13.4. The number of halogens is 2. The maximum atomic E-state index is 12.6. The molecule has 4 nitrogen and oxygen atoms in total. The molecule has 0 aliphatic heterocycles. The molecular weight excluding hydrogens is 367 g/mol. The molecule has 0 saturated heterocycles. The lowest BCUT2D eigenvalue weighted by atomic mass is 10.3. The first kappa shape index (κ1) is 17.2. The van der Waals surface area contributed by atoms with Crippen LogP contribution in [0, 0.1) is 0 Å². The number of hydrogen-bond acceptors (Lipinski definition) is 3. The van der Waals surface area contributed by atoms with Gasteiger partial charge in [0.25, 0.3) is 0 Å². The fourth-order valence-electron chi connectivity index (χ4n) is 2.41. The van der Waals surface area contributed by atoms with Crippen LogP contribution in [-0.2, 0) is 13.7 Å².